The molecule has 31 heavy (non-hydrogen) atoms. The number of methoxy groups -OCH3 is 2. The van der Waals surface area contributed by atoms with Gasteiger partial charge in [-0.15, -0.1) is 0 Å². The Morgan fingerprint density at radius 1 is 0.903 bits per heavy atom. The first-order chi connectivity index (χ1) is 15.0. The second-order valence-electron chi connectivity index (χ2n) is 7.12. The van der Waals surface area contributed by atoms with Crippen LogP contribution in [0.3, 0.4) is 0 Å². The fourth-order valence-electron chi connectivity index (χ4n) is 3.66. The normalized spacial score (nSPS) is 14.9. The highest BCUT2D eigenvalue weighted by atomic mass is 16.5. The largest absolute Gasteiger partial charge is 0.494 e. The number of carbonyl (C=O) groups excluding carboxylic acids is 2. The summed E-state index contributed by atoms with van der Waals surface area (Å²) in [6.07, 6.45) is 3.49. The van der Waals surface area contributed by atoms with Gasteiger partial charge in [0.15, 0.2) is 0 Å². The summed E-state index contributed by atoms with van der Waals surface area (Å²) in [6.45, 7) is 4.47. The van der Waals surface area contributed by atoms with E-state index in [0.717, 1.165) is 11.1 Å². The van der Waals surface area contributed by atoms with Gasteiger partial charge in [-0.2, -0.15) is 0 Å². The van der Waals surface area contributed by atoms with Gasteiger partial charge in [-0.25, -0.2) is 9.59 Å². The van der Waals surface area contributed by atoms with E-state index in [4.69, 9.17) is 14.2 Å². The summed E-state index contributed by atoms with van der Waals surface area (Å²) in [6, 6.07) is 17.1. The molecule has 162 valence electrons. The first-order valence-corrected chi connectivity index (χ1v) is 10.1. The summed E-state index contributed by atoms with van der Waals surface area (Å²) in [7, 11) is 2.67. The smallest absolute Gasteiger partial charge is 0.336 e. The number of ether oxygens (including phenoxy) is 3. The minimum Gasteiger partial charge on any atom is -0.494 e. The van der Waals surface area contributed by atoms with Crippen molar-refractivity contribution in [2.24, 2.45) is 0 Å². The van der Waals surface area contributed by atoms with Crippen LogP contribution in [0.15, 0.2) is 78.1 Å². The third kappa shape index (κ3) is 4.79. The molecule has 0 N–H and O–H groups in total. The molecule has 6 heteroatoms. The summed E-state index contributed by atoms with van der Waals surface area (Å²) in [5, 5.41) is 0. The molecule has 1 heterocycles. The molecule has 0 saturated carbocycles. The molecule has 0 aliphatic carbocycles. The lowest BCUT2D eigenvalue weighted by molar-refractivity contribution is -0.137. The van der Waals surface area contributed by atoms with Crippen LogP contribution in [0.5, 0.6) is 5.75 Å². The van der Waals surface area contributed by atoms with Gasteiger partial charge in [0.2, 0.25) is 0 Å². The average Bonchev–Trinajstić information content (AvgIpc) is 2.83. The third-order valence-corrected chi connectivity index (χ3v) is 5.29. The second kappa shape index (κ2) is 9.98. The van der Waals surface area contributed by atoms with E-state index in [1.807, 2.05) is 73.3 Å². The Bertz CT molecular complexity index is 945. The molecule has 0 bridgehead atoms. The van der Waals surface area contributed by atoms with Gasteiger partial charge >= 0.3 is 11.9 Å². The summed E-state index contributed by atoms with van der Waals surface area (Å²) in [4.78, 5) is 27.4. The van der Waals surface area contributed by atoms with Crippen LogP contribution in [-0.2, 0) is 19.1 Å². The summed E-state index contributed by atoms with van der Waals surface area (Å²) in [5.74, 6) is -0.902. The maximum Gasteiger partial charge on any atom is 0.336 e. The van der Waals surface area contributed by atoms with Crippen molar-refractivity contribution >= 4 is 11.9 Å². The second-order valence-corrected chi connectivity index (χ2v) is 7.12. The van der Waals surface area contributed by atoms with E-state index in [1.54, 1.807) is 12.4 Å². The van der Waals surface area contributed by atoms with Gasteiger partial charge in [0.25, 0.3) is 0 Å². The third-order valence-electron chi connectivity index (χ3n) is 5.29. The number of hydrogen-bond acceptors (Lipinski definition) is 6. The van der Waals surface area contributed by atoms with Crippen molar-refractivity contribution in [3.05, 3.63) is 89.3 Å². The number of carbonyl (C=O) groups is 2. The Morgan fingerprint density at radius 2 is 1.45 bits per heavy atom. The molecule has 2 aromatic rings. The maximum atomic E-state index is 12.8. The van der Waals surface area contributed by atoms with Crippen molar-refractivity contribution in [2.75, 3.05) is 20.8 Å². The van der Waals surface area contributed by atoms with Crippen molar-refractivity contribution in [2.45, 2.75) is 25.8 Å². The zero-order valence-corrected chi connectivity index (χ0v) is 18.2. The SMILES string of the molecule is CCOc1ccc(C2C(C(=O)OC)=CN([C@@H](C)c3ccccc3)C=C2C(=O)OC)cc1. The van der Waals surface area contributed by atoms with Crippen LogP contribution in [0.2, 0.25) is 0 Å². The molecule has 1 atom stereocenters. The lowest BCUT2D eigenvalue weighted by Crippen LogP contribution is -2.30. The highest BCUT2D eigenvalue weighted by Crippen LogP contribution is 2.39. The van der Waals surface area contributed by atoms with Gasteiger partial charge < -0.3 is 19.1 Å². The molecule has 0 fully saturated rings. The van der Waals surface area contributed by atoms with E-state index in [1.165, 1.54) is 14.2 Å². The van der Waals surface area contributed by atoms with Gasteiger partial charge in [0.05, 0.1) is 43.9 Å². The molecule has 0 unspecified atom stereocenters. The van der Waals surface area contributed by atoms with Crippen LogP contribution in [0.1, 0.15) is 36.9 Å². The molecule has 6 nitrogen and oxygen atoms in total. The molecule has 0 aromatic heterocycles. The van der Waals surface area contributed by atoms with Crippen LogP contribution in [0.4, 0.5) is 0 Å². The summed E-state index contributed by atoms with van der Waals surface area (Å²) < 4.78 is 15.6. The first-order valence-electron chi connectivity index (χ1n) is 10.1. The maximum absolute atomic E-state index is 12.8. The topological polar surface area (TPSA) is 65.1 Å². The van der Waals surface area contributed by atoms with E-state index in [9.17, 15) is 9.59 Å². The molecular formula is C25H27NO5. The number of rotatable bonds is 7. The van der Waals surface area contributed by atoms with Gasteiger partial charge in [-0.05, 0) is 37.1 Å². The van der Waals surface area contributed by atoms with Gasteiger partial charge in [0, 0.05) is 12.4 Å². The molecular weight excluding hydrogens is 394 g/mol. The Labute approximate surface area is 182 Å². The molecule has 0 saturated heterocycles. The van der Waals surface area contributed by atoms with Crippen LogP contribution in [0.25, 0.3) is 0 Å². The van der Waals surface area contributed by atoms with Gasteiger partial charge in [-0.3, -0.25) is 0 Å². The van der Waals surface area contributed by atoms with E-state index in [0.29, 0.717) is 23.5 Å². The molecule has 1 aliphatic rings. The zero-order chi connectivity index (χ0) is 22.4. The molecule has 1 aliphatic heterocycles. The average molecular weight is 421 g/mol. The van der Waals surface area contributed by atoms with E-state index >= 15 is 0 Å². The van der Waals surface area contributed by atoms with E-state index in [2.05, 4.69) is 0 Å². The number of benzene rings is 2. The summed E-state index contributed by atoms with van der Waals surface area (Å²) in [5.41, 5.74) is 2.53. The fourth-order valence-corrected chi connectivity index (χ4v) is 3.66. The van der Waals surface area contributed by atoms with Crippen LogP contribution < -0.4 is 4.74 Å². The highest BCUT2D eigenvalue weighted by molar-refractivity contribution is 5.98. The molecule has 0 amide bonds. The van der Waals surface area contributed by atoms with Crippen molar-refractivity contribution in [3.8, 4) is 5.75 Å². The zero-order valence-electron chi connectivity index (χ0n) is 18.2. The Hall–Kier alpha value is -3.54. The molecule has 0 spiro atoms. The Balaban J connectivity index is 2.08. The van der Waals surface area contributed by atoms with Crippen molar-refractivity contribution < 1.29 is 23.8 Å². The molecule has 3 rings (SSSR count). The van der Waals surface area contributed by atoms with Crippen molar-refractivity contribution in [3.63, 3.8) is 0 Å². The minimum atomic E-state index is -0.616. The lowest BCUT2D eigenvalue weighted by atomic mass is 9.83. The van der Waals surface area contributed by atoms with Crippen LogP contribution in [0, 0.1) is 0 Å². The predicted octanol–water partition coefficient (Wildman–Crippen LogP) is 4.36. The monoisotopic (exact) mass is 421 g/mol. The summed E-state index contributed by atoms with van der Waals surface area (Å²) >= 11 is 0. The minimum absolute atomic E-state index is 0.109. The van der Waals surface area contributed by atoms with E-state index in [-0.39, 0.29) is 6.04 Å². The van der Waals surface area contributed by atoms with E-state index < -0.39 is 17.9 Å². The Kier molecular flexibility index (Phi) is 7.13. The lowest BCUT2D eigenvalue weighted by Gasteiger charge is -2.33. The number of esters is 2. The van der Waals surface area contributed by atoms with Crippen LogP contribution >= 0.6 is 0 Å². The Morgan fingerprint density at radius 3 is 1.94 bits per heavy atom. The highest BCUT2D eigenvalue weighted by Gasteiger charge is 2.36. The van der Waals surface area contributed by atoms with Crippen molar-refractivity contribution in [1.29, 1.82) is 0 Å². The fraction of sp³-hybridized carbons (Fsp3) is 0.280. The number of nitrogens with zero attached hydrogens (tertiary/aromatic N) is 1. The quantitative estimate of drug-likeness (QED) is 0.619. The molecule has 2 aromatic carbocycles. The molecule has 0 radical (unpaired) electrons. The van der Waals surface area contributed by atoms with Gasteiger partial charge in [0.1, 0.15) is 5.75 Å². The first kappa shape index (κ1) is 22.2. The standard InChI is InChI=1S/C25H27NO5/c1-5-31-20-13-11-19(12-14-20)23-21(24(27)29-3)15-26(16-22(23)25(28)30-4)17(2)18-9-7-6-8-10-18/h6-17,23H,5H2,1-4H3/t17-/m0/s1. The van der Waals surface area contributed by atoms with Crippen molar-refractivity contribution in [1.82, 2.24) is 4.90 Å². The number of hydrogen-bond donors (Lipinski definition) is 0. The van der Waals surface area contributed by atoms with Crippen LogP contribution in [-0.4, -0.2) is 37.7 Å². The van der Waals surface area contributed by atoms with Gasteiger partial charge in [-0.1, -0.05) is 42.5 Å². The predicted molar refractivity (Wildman–Crippen MR) is 117 cm³/mol.